The van der Waals surface area contributed by atoms with E-state index in [4.69, 9.17) is 19.9 Å². The van der Waals surface area contributed by atoms with Crippen molar-refractivity contribution in [3.8, 4) is 0 Å². The van der Waals surface area contributed by atoms with Crippen molar-refractivity contribution >= 4 is 5.97 Å². The third kappa shape index (κ3) is 4.63. The molecule has 0 aliphatic carbocycles. The van der Waals surface area contributed by atoms with Crippen LogP contribution in [0.5, 0.6) is 0 Å². The van der Waals surface area contributed by atoms with Gasteiger partial charge >= 0.3 is 5.97 Å². The standard InChI is InChI=1S/C11H21NO4/c1-5-14-10(13)8(4)9(12)11(15-6-2)16-7-3/h11H,5-7,12H2,1-4H3. The van der Waals surface area contributed by atoms with Crippen LogP contribution in [0.15, 0.2) is 11.3 Å². The van der Waals surface area contributed by atoms with Gasteiger partial charge in [0, 0.05) is 13.2 Å². The Hall–Kier alpha value is -1.07. The fourth-order valence-corrected chi connectivity index (χ4v) is 1.06. The van der Waals surface area contributed by atoms with Crippen molar-refractivity contribution in [3.05, 3.63) is 11.3 Å². The summed E-state index contributed by atoms with van der Waals surface area (Å²) in [6.07, 6.45) is -0.681. The van der Waals surface area contributed by atoms with Gasteiger partial charge < -0.3 is 19.9 Å². The summed E-state index contributed by atoms with van der Waals surface area (Å²) in [6.45, 7) is 8.24. The summed E-state index contributed by atoms with van der Waals surface area (Å²) in [6, 6.07) is 0. The number of esters is 1. The van der Waals surface area contributed by atoms with Gasteiger partial charge in [-0.15, -0.1) is 0 Å². The van der Waals surface area contributed by atoms with Gasteiger partial charge in [-0.25, -0.2) is 4.79 Å². The second-order valence-electron chi connectivity index (χ2n) is 3.04. The fraction of sp³-hybridized carbons (Fsp3) is 0.727. The first-order chi connectivity index (χ1) is 7.58. The van der Waals surface area contributed by atoms with Crippen molar-refractivity contribution in [1.82, 2.24) is 0 Å². The Balaban J connectivity index is 4.71. The maximum Gasteiger partial charge on any atom is 0.335 e. The largest absolute Gasteiger partial charge is 0.463 e. The number of rotatable bonds is 7. The molecule has 0 aromatic heterocycles. The molecule has 0 unspecified atom stereocenters. The maximum atomic E-state index is 11.4. The van der Waals surface area contributed by atoms with Gasteiger partial charge in [0.15, 0.2) is 6.29 Å². The van der Waals surface area contributed by atoms with E-state index in [1.54, 1.807) is 13.8 Å². The van der Waals surface area contributed by atoms with Crippen molar-refractivity contribution in [2.45, 2.75) is 34.0 Å². The van der Waals surface area contributed by atoms with Crippen molar-refractivity contribution < 1.29 is 19.0 Å². The minimum Gasteiger partial charge on any atom is -0.463 e. The molecule has 5 nitrogen and oxygen atoms in total. The van der Waals surface area contributed by atoms with E-state index >= 15 is 0 Å². The minimum absolute atomic E-state index is 0.266. The first-order valence-electron chi connectivity index (χ1n) is 5.44. The Morgan fingerprint density at radius 3 is 2.00 bits per heavy atom. The first-order valence-corrected chi connectivity index (χ1v) is 5.44. The molecule has 0 aliphatic rings. The van der Waals surface area contributed by atoms with Crippen LogP contribution in [0.1, 0.15) is 27.7 Å². The Kier molecular flexibility index (Phi) is 7.58. The van der Waals surface area contributed by atoms with E-state index in [9.17, 15) is 4.79 Å². The van der Waals surface area contributed by atoms with Crippen molar-refractivity contribution in [3.63, 3.8) is 0 Å². The summed E-state index contributed by atoms with van der Waals surface area (Å²) in [4.78, 5) is 11.4. The predicted molar refractivity (Wildman–Crippen MR) is 60.6 cm³/mol. The molecule has 94 valence electrons. The summed E-state index contributed by atoms with van der Waals surface area (Å²) in [5.41, 5.74) is 6.39. The number of hydrogen-bond acceptors (Lipinski definition) is 5. The Morgan fingerprint density at radius 1 is 1.12 bits per heavy atom. The van der Waals surface area contributed by atoms with Gasteiger partial charge in [0.25, 0.3) is 0 Å². The number of nitrogens with two attached hydrogens (primary N) is 1. The first kappa shape index (κ1) is 14.9. The zero-order valence-electron chi connectivity index (χ0n) is 10.4. The molecule has 5 heteroatoms. The van der Waals surface area contributed by atoms with Gasteiger partial charge in [0.1, 0.15) is 0 Å². The Bertz CT molecular complexity index is 244. The molecule has 0 heterocycles. The number of carbonyl (C=O) groups is 1. The SMILES string of the molecule is CCOC(=O)C(C)=C(N)C(OCC)OCC. The highest BCUT2D eigenvalue weighted by atomic mass is 16.7. The summed E-state index contributed by atoms with van der Waals surface area (Å²) >= 11 is 0. The molecule has 0 saturated heterocycles. The monoisotopic (exact) mass is 231 g/mol. The molecular formula is C11H21NO4. The van der Waals surface area contributed by atoms with Gasteiger partial charge in [0.05, 0.1) is 17.9 Å². The van der Waals surface area contributed by atoms with Crippen LogP contribution in [0, 0.1) is 0 Å². The molecule has 16 heavy (non-hydrogen) atoms. The Morgan fingerprint density at radius 2 is 1.62 bits per heavy atom. The molecule has 0 aliphatic heterocycles. The zero-order chi connectivity index (χ0) is 12.6. The molecule has 0 saturated carbocycles. The van der Waals surface area contributed by atoms with E-state index in [0.717, 1.165) is 0 Å². The van der Waals surface area contributed by atoms with Crippen LogP contribution >= 0.6 is 0 Å². The average molecular weight is 231 g/mol. The van der Waals surface area contributed by atoms with E-state index in [1.807, 2.05) is 13.8 Å². The molecule has 0 aromatic carbocycles. The van der Waals surface area contributed by atoms with Gasteiger partial charge in [-0.1, -0.05) is 0 Å². The lowest BCUT2D eigenvalue weighted by molar-refractivity contribution is -0.139. The van der Waals surface area contributed by atoms with Crippen LogP contribution < -0.4 is 5.73 Å². The van der Waals surface area contributed by atoms with Crippen LogP contribution in [0.25, 0.3) is 0 Å². The second kappa shape index (κ2) is 8.13. The summed E-state index contributed by atoms with van der Waals surface area (Å²) in [5, 5.41) is 0. The fourth-order valence-electron chi connectivity index (χ4n) is 1.06. The molecule has 0 atom stereocenters. The lowest BCUT2D eigenvalue weighted by atomic mass is 10.2. The number of hydrogen-bond donors (Lipinski definition) is 1. The normalized spacial score (nSPS) is 12.6. The summed E-state index contributed by atoms with van der Waals surface area (Å²) < 4.78 is 15.4. The second-order valence-corrected chi connectivity index (χ2v) is 3.04. The molecule has 0 rings (SSSR count). The van der Waals surface area contributed by atoms with Gasteiger partial charge in [0.2, 0.25) is 0 Å². The lowest BCUT2D eigenvalue weighted by Gasteiger charge is -2.18. The van der Waals surface area contributed by atoms with E-state index < -0.39 is 12.3 Å². The topological polar surface area (TPSA) is 70.8 Å². The quantitative estimate of drug-likeness (QED) is 0.405. The van der Waals surface area contributed by atoms with Crippen molar-refractivity contribution in [2.24, 2.45) is 5.73 Å². The summed E-state index contributed by atoms with van der Waals surface area (Å²) in [5.74, 6) is -0.440. The molecule has 2 N–H and O–H groups in total. The van der Waals surface area contributed by atoms with Crippen molar-refractivity contribution in [2.75, 3.05) is 19.8 Å². The van der Waals surface area contributed by atoms with Gasteiger partial charge in [-0.05, 0) is 27.7 Å². The summed E-state index contributed by atoms with van der Waals surface area (Å²) in [7, 11) is 0. The minimum atomic E-state index is -0.681. The van der Waals surface area contributed by atoms with E-state index in [0.29, 0.717) is 25.4 Å². The molecule has 0 radical (unpaired) electrons. The van der Waals surface area contributed by atoms with Crippen LogP contribution in [-0.4, -0.2) is 32.1 Å². The molecule has 0 spiro atoms. The highest BCUT2D eigenvalue weighted by Crippen LogP contribution is 2.10. The van der Waals surface area contributed by atoms with E-state index in [2.05, 4.69) is 0 Å². The molecule has 0 bridgehead atoms. The molecule has 0 fully saturated rings. The average Bonchev–Trinajstić information content (AvgIpc) is 2.27. The number of ether oxygens (including phenoxy) is 3. The highest BCUT2D eigenvalue weighted by Gasteiger charge is 2.18. The van der Waals surface area contributed by atoms with E-state index in [1.165, 1.54) is 0 Å². The zero-order valence-corrected chi connectivity index (χ0v) is 10.4. The molecular weight excluding hydrogens is 210 g/mol. The van der Waals surface area contributed by atoms with Gasteiger partial charge in [-0.2, -0.15) is 0 Å². The van der Waals surface area contributed by atoms with Crippen LogP contribution in [0.2, 0.25) is 0 Å². The third-order valence-electron chi connectivity index (χ3n) is 1.90. The Labute approximate surface area is 96.5 Å². The van der Waals surface area contributed by atoms with Crippen LogP contribution in [0.4, 0.5) is 0 Å². The third-order valence-corrected chi connectivity index (χ3v) is 1.90. The molecule has 0 amide bonds. The lowest BCUT2D eigenvalue weighted by Crippen LogP contribution is -2.28. The van der Waals surface area contributed by atoms with Crippen LogP contribution in [-0.2, 0) is 19.0 Å². The van der Waals surface area contributed by atoms with Crippen molar-refractivity contribution in [1.29, 1.82) is 0 Å². The smallest absolute Gasteiger partial charge is 0.335 e. The van der Waals surface area contributed by atoms with Gasteiger partial charge in [-0.3, -0.25) is 0 Å². The number of carbonyl (C=O) groups excluding carboxylic acids is 1. The highest BCUT2D eigenvalue weighted by molar-refractivity contribution is 5.88. The predicted octanol–water partition coefficient (Wildman–Crippen LogP) is 1.18. The maximum absolute atomic E-state index is 11.4. The van der Waals surface area contributed by atoms with Crippen LogP contribution in [0.3, 0.4) is 0 Å². The van der Waals surface area contributed by atoms with E-state index in [-0.39, 0.29) is 5.70 Å². The molecule has 0 aromatic rings.